The molecule has 10 nitrogen and oxygen atoms in total. The number of hydrogen-bond donors (Lipinski definition) is 1. The molecule has 39 heavy (non-hydrogen) atoms. The average molecular weight is 536 g/mol. The fourth-order valence-electron chi connectivity index (χ4n) is 4.63. The van der Waals surface area contributed by atoms with Crippen molar-refractivity contribution in [2.45, 2.75) is 25.2 Å². The van der Waals surface area contributed by atoms with Gasteiger partial charge < -0.3 is 38.5 Å². The van der Waals surface area contributed by atoms with Crippen LogP contribution in [0.1, 0.15) is 44.8 Å². The Balaban J connectivity index is 1.33. The molecule has 0 saturated carbocycles. The minimum absolute atomic E-state index is 0.124. The van der Waals surface area contributed by atoms with E-state index >= 15 is 0 Å². The van der Waals surface area contributed by atoms with Crippen molar-refractivity contribution in [2.24, 2.45) is 0 Å². The molecule has 2 aliphatic heterocycles. The van der Waals surface area contributed by atoms with Crippen LogP contribution in [0.3, 0.4) is 0 Å². The molecule has 204 valence electrons. The summed E-state index contributed by atoms with van der Waals surface area (Å²) in [6.45, 7) is 0.647. The number of alkyl carbamates (subject to hydrolysis) is 1. The Morgan fingerprint density at radius 2 is 1.67 bits per heavy atom. The van der Waals surface area contributed by atoms with Gasteiger partial charge in [-0.25, -0.2) is 9.59 Å². The number of rotatable bonds is 10. The molecule has 1 N–H and O–H groups in total. The van der Waals surface area contributed by atoms with Crippen molar-refractivity contribution in [2.75, 3.05) is 34.7 Å². The highest BCUT2D eigenvalue weighted by atomic mass is 16.7. The first-order valence-electron chi connectivity index (χ1n) is 12.4. The number of fused-ring (bicyclic) bond motifs is 1. The molecule has 3 aromatic rings. The number of ether oxygens (including phenoxy) is 7. The molecule has 2 aliphatic rings. The van der Waals surface area contributed by atoms with E-state index in [-0.39, 0.29) is 30.8 Å². The van der Waals surface area contributed by atoms with Crippen molar-refractivity contribution in [3.63, 3.8) is 0 Å². The molecule has 0 spiro atoms. The van der Waals surface area contributed by atoms with Crippen molar-refractivity contribution < 1.29 is 42.7 Å². The van der Waals surface area contributed by atoms with Gasteiger partial charge in [0, 0.05) is 12.1 Å². The van der Waals surface area contributed by atoms with Gasteiger partial charge in [-0.3, -0.25) is 0 Å². The fraction of sp³-hybridized carbons (Fsp3) is 0.310. The zero-order chi connectivity index (χ0) is 27.4. The number of amides is 1. The van der Waals surface area contributed by atoms with Crippen molar-refractivity contribution in [3.8, 4) is 23.0 Å². The van der Waals surface area contributed by atoms with Crippen LogP contribution in [0, 0.1) is 0 Å². The summed E-state index contributed by atoms with van der Waals surface area (Å²) in [5, 5.41) is 2.79. The molecule has 2 unspecified atom stereocenters. The Hall–Kier alpha value is -4.44. The number of nitrogens with one attached hydrogen (secondary N) is 1. The maximum atomic E-state index is 12.7. The Kier molecular flexibility index (Phi) is 7.74. The summed E-state index contributed by atoms with van der Waals surface area (Å²) in [6.07, 6.45) is -0.799. The van der Waals surface area contributed by atoms with Gasteiger partial charge in [-0.15, -0.1) is 0 Å². The van der Waals surface area contributed by atoms with Crippen LogP contribution in [0.5, 0.6) is 23.0 Å². The normalized spacial score (nSPS) is 16.8. The van der Waals surface area contributed by atoms with Crippen LogP contribution in [-0.4, -0.2) is 46.7 Å². The molecular weight excluding hydrogens is 506 g/mol. The maximum Gasteiger partial charge on any atom is 0.407 e. The van der Waals surface area contributed by atoms with Gasteiger partial charge in [0.2, 0.25) is 6.79 Å². The topological polar surface area (TPSA) is 114 Å². The Bertz CT molecular complexity index is 1360. The molecule has 2 heterocycles. The Morgan fingerprint density at radius 3 is 2.38 bits per heavy atom. The van der Waals surface area contributed by atoms with Gasteiger partial charge in [0.1, 0.15) is 24.4 Å². The SMILES string of the molecule is COC(=O)c1c(C2OC2c2cc3c(cc2CCNC(=O)OCc2ccccc2)OCO3)ccc(OC)c1OC. The van der Waals surface area contributed by atoms with Crippen molar-refractivity contribution in [1.29, 1.82) is 0 Å². The van der Waals surface area contributed by atoms with E-state index in [0.29, 0.717) is 35.8 Å². The van der Waals surface area contributed by atoms with Crippen LogP contribution < -0.4 is 24.3 Å². The molecule has 3 aromatic carbocycles. The minimum Gasteiger partial charge on any atom is -0.493 e. The number of carbonyl (C=O) groups is 2. The van der Waals surface area contributed by atoms with Crippen LogP contribution in [0.2, 0.25) is 0 Å². The highest BCUT2D eigenvalue weighted by Crippen LogP contribution is 2.56. The molecule has 1 saturated heterocycles. The number of methoxy groups -OCH3 is 3. The lowest BCUT2D eigenvalue weighted by molar-refractivity contribution is 0.0594. The third kappa shape index (κ3) is 5.56. The standard InChI is InChI=1S/C29H29NO9/c1-33-21-10-9-19(24(27(21)34-2)28(31)35-3)25-26(39-25)20-14-23-22(37-16-38-23)13-18(20)11-12-30-29(32)36-15-17-7-5-4-6-8-17/h4-10,13-14,25-26H,11-12,15-16H2,1-3H3,(H,30,32). The van der Waals surface area contributed by atoms with Gasteiger partial charge in [-0.1, -0.05) is 36.4 Å². The third-order valence-corrected chi connectivity index (χ3v) is 6.58. The van der Waals surface area contributed by atoms with Gasteiger partial charge in [0.25, 0.3) is 0 Å². The first-order valence-corrected chi connectivity index (χ1v) is 12.4. The van der Waals surface area contributed by atoms with Gasteiger partial charge >= 0.3 is 12.1 Å². The summed E-state index contributed by atoms with van der Waals surface area (Å²) in [4.78, 5) is 25.0. The smallest absolute Gasteiger partial charge is 0.407 e. The van der Waals surface area contributed by atoms with Crippen molar-refractivity contribution in [3.05, 3.63) is 82.4 Å². The number of benzene rings is 3. The third-order valence-electron chi connectivity index (χ3n) is 6.58. The van der Waals surface area contributed by atoms with Crippen LogP contribution in [0.4, 0.5) is 4.79 Å². The Labute approximate surface area is 225 Å². The van der Waals surface area contributed by atoms with E-state index in [4.69, 9.17) is 33.2 Å². The van der Waals surface area contributed by atoms with Crippen LogP contribution in [-0.2, 0) is 27.2 Å². The first-order chi connectivity index (χ1) is 19.0. The number of hydrogen-bond acceptors (Lipinski definition) is 9. The summed E-state index contributed by atoms with van der Waals surface area (Å²) < 4.78 is 38.5. The quantitative estimate of drug-likeness (QED) is 0.296. The van der Waals surface area contributed by atoms with E-state index in [2.05, 4.69) is 5.32 Å². The first kappa shape index (κ1) is 26.2. The molecule has 0 radical (unpaired) electrons. The lowest BCUT2D eigenvalue weighted by Crippen LogP contribution is -2.26. The van der Waals surface area contributed by atoms with Crippen molar-refractivity contribution in [1.82, 2.24) is 5.32 Å². The van der Waals surface area contributed by atoms with E-state index in [1.54, 1.807) is 12.1 Å². The average Bonchev–Trinajstić information content (AvgIpc) is 3.63. The molecule has 0 aliphatic carbocycles. The van der Waals surface area contributed by atoms with Gasteiger partial charge in [0.15, 0.2) is 23.0 Å². The predicted molar refractivity (Wildman–Crippen MR) is 138 cm³/mol. The molecule has 0 bridgehead atoms. The lowest BCUT2D eigenvalue weighted by Gasteiger charge is -2.15. The zero-order valence-electron chi connectivity index (χ0n) is 21.9. The summed E-state index contributed by atoms with van der Waals surface area (Å²) in [7, 11) is 4.27. The number of carbonyl (C=O) groups excluding carboxylic acids is 2. The molecule has 10 heteroatoms. The van der Waals surface area contributed by atoms with Gasteiger partial charge in [-0.05, 0) is 41.3 Å². The van der Waals surface area contributed by atoms with Gasteiger partial charge in [0.05, 0.1) is 21.3 Å². The lowest BCUT2D eigenvalue weighted by atomic mass is 9.94. The summed E-state index contributed by atoms with van der Waals surface area (Å²) in [5.74, 6) is 1.37. The van der Waals surface area contributed by atoms with Gasteiger partial charge in [-0.2, -0.15) is 0 Å². The van der Waals surface area contributed by atoms with Crippen LogP contribution in [0.15, 0.2) is 54.6 Å². The highest BCUT2D eigenvalue weighted by Gasteiger charge is 2.46. The van der Waals surface area contributed by atoms with Crippen LogP contribution in [0.25, 0.3) is 0 Å². The van der Waals surface area contributed by atoms with E-state index in [1.807, 2.05) is 42.5 Å². The second kappa shape index (κ2) is 11.5. The molecular formula is C29H29NO9. The predicted octanol–water partition coefficient (Wildman–Crippen LogP) is 4.50. The van der Waals surface area contributed by atoms with E-state index in [0.717, 1.165) is 16.7 Å². The fourth-order valence-corrected chi connectivity index (χ4v) is 4.63. The van der Waals surface area contributed by atoms with E-state index in [1.165, 1.54) is 21.3 Å². The minimum atomic E-state index is -0.556. The highest BCUT2D eigenvalue weighted by molar-refractivity contribution is 5.95. The second-order valence-corrected chi connectivity index (χ2v) is 8.88. The second-order valence-electron chi connectivity index (χ2n) is 8.88. The summed E-state index contributed by atoms with van der Waals surface area (Å²) in [6, 6.07) is 16.7. The summed E-state index contributed by atoms with van der Waals surface area (Å²) in [5.41, 5.74) is 3.56. The Morgan fingerprint density at radius 1 is 0.923 bits per heavy atom. The molecule has 1 amide bonds. The number of esters is 1. The van der Waals surface area contributed by atoms with E-state index in [9.17, 15) is 9.59 Å². The van der Waals surface area contributed by atoms with Crippen molar-refractivity contribution >= 4 is 12.1 Å². The van der Waals surface area contributed by atoms with E-state index < -0.39 is 18.2 Å². The monoisotopic (exact) mass is 535 g/mol. The molecule has 2 atom stereocenters. The van der Waals surface area contributed by atoms with Crippen LogP contribution >= 0.6 is 0 Å². The maximum absolute atomic E-state index is 12.7. The molecule has 5 rings (SSSR count). The summed E-state index contributed by atoms with van der Waals surface area (Å²) >= 11 is 0. The number of epoxide rings is 1. The zero-order valence-corrected chi connectivity index (χ0v) is 21.9. The molecule has 0 aromatic heterocycles. The largest absolute Gasteiger partial charge is 0.493 e. The molecule has 1 fully saturated rings.